The first kappa shape index (κ1) is 27.0. The van der Waals surface area contributed by atoms with Crippen molar-refractivity contribution in [3.63, 3.8) is 0 Å². The maximum atomic E-state index is 9.00. The highest BCUT2D eigenvalue weighted by Gasteiger charge is 1.94. The zero-order chi connectivity index (χ0) is 19.9. The molecule has 0 aliphatic carbocycles. The van der Waals surface area contributed by atoms with E-state index in [1.165, 1.54) is 96.3 Å². The maximum Gasteiger partial charge on any atom is 0.300 e. The van der Waals surface area contributed by atoms with Crippen LogP contribution in [0.15, 0.2) is 0 Å². The number of carboxylic acids is 1. The van der Waals surface area contributed by atoms with Crippen molar-refractivity contribution < 1.29 is 9.90 Å². The van der Waals surface area contributed by atoms with Crippen LogP contribution in [-0.4, -0.2) is 23.6 Å². The largest absolute Gasteiger partial charge is 0.481 e. The first-order valence-electron chi connectivity index (χ1n) is 10.8. The van der Waals surface area contributed by atoms with Crippen molar-refractivity contribution >= 4 is 11.9 Å². The molecule has 0 spiro atoms. The molecular weight excluding hydrogens is 326 g/mol. The monoisotopic (exact) mass is 371 g/mol. The average molecular weight is 372 g/mol. The Hall–Kier alpha value is -1.26. The molecule has 0 saturated heterocycles. The Morgan fingerprint density at radius 1 is 0.769 bits per heavy atom. The normalized spacial score (nSPS) is 10.1. The van der Waals surface area contributed by atoms with Gasteiger partial charge in [-0.25, -0.2) is 0 Å². The predicted octanol–water partition coefficient (Wildman–Crippen LogP) is 5.82. The van der Waals surface area contributed by atoms with E-state index in [1.54, 1.807) is 0 Å². The molecule has 0 aliphatic heterocycles. The third-order valence-corrected chi connectivity index (χ3v) is 4.35. The lowest BCUT2D eigenvalue weighted by Crippen LogP contribution is -2.30. The number of nitrogens with one attached hydrogen (secondary N) is 2. The molecule has 5 heteroatoms. The zero-order valence-electron chi connectivity index (χ0n) is 17.5. The van der Waals surface area contributed by atoms with Crippen LogP contribution < -0.4 is 11.1 Å². The number of hydrogen-bond acceptors (Lipinski definition) is 2. The number of aliphatic carboxylic acids is 1. The van der Waals surface area contributed by atoms with Gasteiger partial charge in [0.25, 0.3) is 5.97 Å². The van der Waals surface area contributed by atoms with Gasteiger partial charge in [-0.15, -0.1) is 0 Å². The molecule has 0 amide bonds. The van der Waals surface area contributed by atoms with Crippen LogP contribution >= 0.6 is 0 Å². The van der Waals surface area contributed by atoms with Crippen LogP contribution in [0.4, 0.5) is 0 Å². The minimum Gasteiger partial charge on any atom is -0.481 e. The van der Waals surface area contributed by atoms with Gasteiger partial charge in [-0.05, 0) is 6.42 Å². The van der Waals surface area contributed by atoms with E-state index in [2.05, 4.69) is 12.2 Å². The maximum absolute atomic E-state index is 9.00. The molecule has 0 rings (SSSR count). The van der Waals surface area contributed by atoms with Crippen molar-refractivity contribution in [3.05, 3.63) is 0 Å². The summed E-state index contributed by atoms with van der Waals surface area (Å²) in [7, 11) is 0. The Balaban J connectivity index is 0. The average Bonchev–Trinajstić information content (AvgIpc) is 2.57. The van der Waals surface area contributed by atoms with Gasteiger partial charge >= 0.3 is 0 Å². The Bertz CT molecular complexity index is 306. The van der Waals surface area contributed by atoms with E-state index < -0.39 is 5.97 Å². The van der Waals surface area contributed by atoms with Crippen LogP contribution in [0.2, 0.25) is 0 Å². The summed E-state index contributed by atoms with van der Waals surface area (Å²) in [6.45, 7) is 4.22. The second kappa shape index (κ2) is 23.7. The molecule has 0 radical (unpaired) electrons. The highest BCUT2D eigenvalue weighted by atomic mass is 16.4. The quantitative estimate of drug-likeness (QED) is 0.147. The van der Waals surface area contributed by atoms with Crippen molar-refractivity contribution in [1.29, 1.82) is 5.41 Å². The van der Waals surface area contributed by atoms with Gasteiger partial charge in [-0.2, -0.15) is 0 Å². The number of carbonyl (C=O) groups is 1. The molecule has 0 saturated carbocycles. The molecule has 0 aromatic carbocycles. The number of unbranched alkanes of at least 4 members (excludes halogenated alkanes) is 15. The van der Waals surface area contributed by atoms with E-state index in [0.29, 0.717) is 0 Å². The van der Waals surface area contributed by atoms with Crippen molar-refractivity contribution in [2.75, 3.05) is 6.54 Å². The number of hydrogen-bond donors (Lipinski definition) is 4. The van der Waals surface area contributed by atoms with Crippen LogP contribution in [-0.2, 0) is 4.79 Å². The zero-order valence-corrected chi connectivity index (χ0v) is 17.5. The van der Waals surface area contributed by atoms with Crippen LogP contribution in [0.5, 0.6) is 0 Å². The summed E-state index contributed by atoms with van der Waals surface area (Å²) in [5.74, 6) is -0.735. The third kappa shape index (κ3) is 34.2. The van der Waals surface area contributed by atoms with Gasteiger partial charge in [0, 0.05) is 13.5 Å². The Kier molecular flexibility index (Phi) is 24.6. The minimum atomic E-state index is -0.833. The Morgan fingerprint density at radius 3 is 1.31 bits per heavy atom. The van der Waals surface area contributed by atoms with Gasteiger partial charge in [0.1, 0.15) is 0 Å². The number of guanidine groups is 1. The van der Waals surface area contributed by atoms with Gasteiger partial charge in [0.05, 0.1) is 0 Å². The summed E-state index contributed by atoms with van der Waals surface area (Å²) in [4.78, 5) is 9.00. The first-order chi connectivity index (χ1) is 12.5. The lowest BCUT2D eigenvalue weighted by molar-refractivity contribution is -0.134. The summed E-state index contributed by atoms with van der Waals surface area (Å²) in [5.41, 5.74) is 5.23. The lowest BCUT2D eigenvalue weighted by Gasteiger charge is -2.04. The summed E-state index contributed by atoms with van der Waals surface area (Å²) in [6.07, 6.45) is 22.3. The Labute approximate surface area is 162 Å². The molecule has 0 heterocycles. The van der Waals surface area contributed by atoms with Gasteiger partial charge in [0.15, 0.2) is 5.96 Å². The van der Waals surface area contributed by atoms with Gasteiger partial charge in [0.2, 0.25) is 0 Å². The van der Waals surface area contributed by atoms with Crippen molar-refractivity contribution in [2.24, 2.45) is 5.73 Å². The fourth-order valence-corrected chi connectivity index (χ4v) is 2.90. The SMILES string of the molecule is CC(=O)O.CCCCCCCCCCCCCCCCCCNC(=N)N. The fourth-order valence-electron chi connectivity index (χ4n) is 2.90. The number of nitrogens with two attached hydrogens (primary N) is 1. The van der Waals surface area contributed by atoms with Crippen molar-refractivity contribution in [3.8, 4) is 0 Å². The molecule has 26 heavy (non-hydrogen) atoms. The summed E-state index contributed by atoms with van der Waals surface area (Å²) < 4.78 is 0. The van der Waals surface area contributed by atoms with E-state index in [1.807, 2.05) is 0 Å². The minimum absolute atomic E-state index is 0.0981. The van der Waals surface area contributed by atoms with Crippen LogP contribution in [0.25, 0.3) is 0 Å². The number of rotatable bonds is 17. The second-order valence-electron chi connectivity index (χ2n) is 7.16. The molecule has 0 fully saturated rings. The topological polar surface area (TPSA) is 99.2 Å². The fraction of sp³-hybridized carbons (Fsp3) is 0.905. The second-order valence-corrected chi connectivity index (χ2v) is 7.16. The molecule has 156 valence electrons. The smallest absolute Gasteiger partial charge is 0.300 e. The molecule has 5 N–H and O–H groups in total. The van der Waals surface area contributed by atoms with Crippen molar-refractivity contribution in [2.45, 2.75) is 117 Å². The molecule has 0 aromatic rings. The standard InChI is InChI=1S/C19H41N3.C2H4O2/c1-2-3-4-5-6-7-8-9-10-11-12-13-14-15-16-17-18-22-19(20)21;1-2(3)4/h2-18H2,1H3,(H4,20,21,22);1H3,(H,3,4). The van der Waals surface area contributed by atoms with E-state index in [9.17, 15) is 0 Å². The van der Waals surface area contributed by atoms with Crippen molar-refractivity contribution in [1.82, 2.24) is 5.32 Å². The predicted molar refractivity (Wildman–Crippen MR) is 113 cm³/mol. The molecule has 0 atom stereocenters. The highest BCUT2D eigenvalue weighted by Crippen LogP contribution is 2.13. The van der Waals surface area contributed by atoms with Crippen LogP contribution in [0.1, 0.15) is 117 Å². The molecule has 0 bridgehead atoms. The van der Waals surface area contributed by atoms with Gasteiger partial charge < -0.3 is 16.2 Å². The van der Waals surface area contributed by atoms with Crippen LogP contribution in [0, 0.1) is 5.41 Å². The molecule has 0 unspecified atom stereocenters. The molecule has 0 aliphatic rings. The third-order valence-electron chi connectivity index (χ3n) is 4.35. The lowest BCUT2D eigenvalue weighted by atomic mass is 10.0. The van der Waals surface area contributed by atoms with E-state index in [4.69, 9.17) is 21.0 Å². The molecule has 0 aromatic heterocycles. The van der Waals surface area contributed by atoms with Gasteiger partial charge in [-0.1, -0.05) is 103 Å². The Morgan fingerprint density at radius 2 is 1.04 bits per heavy atom. The van der Waals surface area contributed by atoms with E-state index in [0.717, 1.165) is 19.9 Å². The summed E-state index contributed by atoms with van der Waals surface area (Å²) >= 11 is 0. The van der Waals surface area contributed by atoms with Crippen LogP contribution in [0.3, 0.4) is 0 Å². The summed E-state index contributed by atoms with van der Waals surface area (Å²) in [5, 5.41) is 17.3. The number of carboxylic acid groups (broad SMARTS) is 1. The van der Waals surface area contributed by atoms with E-state index >= 15 is 0 Å². The molecular formula is C21H45N3O2. The molecule has 5 nitrogen and oxygen atoms in total. The summed E-state index contributed by atoms with van der Waals surface area (Å²) in [6, 6.07) is 0. The highest BCUT2D eigenvalue weighted by molar-refractivity contribution is 5.74. The van der Waals surface area contributed by atoms with Gasteiger partial charge in [-0.3, -0.25) is 10.2 Å². The first-order valence-corrected chi connectivity index (χ1v) is 10.8. The van der Waals surface area contributed by atoms with E-state index in [-0.39, 0.29) is 5.96 Å².